The van der Waals surface area contributed by atoms with Crippen molar-refractivity contribution in [2.45, 2.75) is 27.7 Å². The SMILES string of the molecule is CCOc1ccc(C=C2N=C(c3ccc(C)cc3)N(c3ccc(C)cc3)C2=O)cc1OCC. The number of carbonyl (C=O) groups excluding carboxylic acids is 1. The first-order valence-corrected chi connectivity index (χ1v) is 11.2. The third-order valence-corrected chi connectivity index (χ3v) is 5.33. The van der Waals surface area contributed by atoms with Crippen molar-refractivity contribution < 1.29 is 14.3 Å². The molecule has 0 bridgehead atoms. The van der Waals surface area contributed by atoms with Crippen LogP contribution in [0, 0.1) is 13.8 Å². The predicted molar refractivity (Wildman–Crippen MR) is 133 cm³/mol. The normalized spacial score (nSPS) is 14.5. The van der Waals surface area contributed by atoms with Crippen LogP contribution in [-0.2, 0) is 4.79 Å². The minimum absolute atomic E-state index is 0.165. The summed E-state index contributed by atoms with van der Waals surface area (Å²) in [7, 11) is 0. The fraction of sp³-hybridized carbons (Fsp3) is 0.214. The number of rotatable bonds is 7. The second-order valence-corrected chi connectivity index (χ2v) is 7.88. The van der Waals surface area contributed by atoms with Crippen molar-refractivity contribution in [1.82, 2.24) is 0 Å². The number of hydrogen-bond donors (Lipinski definition) is 0. The van der Waals surface area contributed by atoms with Crippen LogP contribution >= 0.6 is 0 Å². The number of nitrogens with zero attached hydrogens (tertiary/aromatic N) is 2. The smallest absolute Gasteiger partial charge is 0.282 e. The molecule has 4 rings (SSSR count). The lowest BCUT2D eigenvalue weighted by atomic mass is 10.1. The fourth-order valence-corrected chi connectivity index (χ4v) is 3.66. The molecule has 3 aromatic carbocycles. The fourth-order valence-electron chi connectivity index (χ4n) is 3.66. The van der Waals surface area contributed by atoms with Gasteiger partial charge in [0.15, 0.2) is 11.5 Å². The van der Waals surface area contributed by atoms with E-state index in [9.17, 15) is 4.79 Å². The monoisotopic (exact) mass is 440 g/mol. The maximum atomic E-state index is 13.5. The van der Waals surface area contributed by atoms with Gasteiger partial charge < -0.3 is 9.47 Å². The van der Waals surface area contributed by atoms with E-state index < -0.39 is 0 Å². The molecule has 0 aromatic heterocycles. The van der Waals surface area contributed by atoms with E-state index in [4.69, 9.17) is 14.5 Å². The summed E-state index contributed by atoms with van der Waals surface area (Å²) < 4.78 is 11.4. The molecule has 3 aromatic rings. The summed E-state index contributed by atoms with van der Waals surface area (Å²) in [4.78, 5) is 19.9. The molecule has 168 valence electrons. The molecule has 1 amide bonds. The Morgan fingerprint density at radius 1 is 0.818 bits per heavy atom. The van der Waals surface area contributed by atoms with Gasteiger partial charge in [0, 0.05) is 5.56 Å². The van der Waals surface area contributed by atoms with Gasteiger partial charge in [-0.1, -0.05) is 53.6 Å². The van der Waals surface area contributed by atoms with E-state index in [0.717, 1.165) is 27.9 Å². The summed E-state index contributed by atoms with van der Waals surface area (Å²) in [6, 6.07) is 21.6. The van der Waals surface area contributed by atoms with Gasteiger partial charge in [0.25, 0.3) is 5.91 Å². The molecule has 0 N–H and O–H groups in total. The Kier molecular flexibility index (Phi) is 6.59. The van der Waals surface area contributed by atoms with Gasteiger partial charge >= 0.3 is 0 Å². The van der Waals surface area contributed by atoms with Gasteiger partial charge in [-0.3, -0.25) is 9.69 Å². The van der Waals surface area contributed by atoms with Crippen molar-refractivity contribution in [2.75, 3.05) is 18.1 Å². The minimum atomic E-state index is -0.165. The molecule has 0 saturated carbocycles. The molecule has 0 fully saturated rings. The van der Waals surface area contributed by atoms with Crippen LogP contribution in [0.2, 0.25) is 0 Å². The number of hydrogen-bond acceptors (Lipinski definition) is 4. The van der Waals surface area contributed by atoms with Gasteiger partial charge in [-0.2, -0.15) is 0 Å². The average Bonchev–Trinajstić information content (AvgIpc) is 3.13. The van der Waals surface area contributed by atoms with E-state index in [2.05, 4.69) is 0 Å². The largest absolute Gasteiger partial charge is 0.490 e. The van der Waals surface area contributed by atoms with Crippen LogP contribution in [0.5, 0.6) is 11.5 Å². The van der Waals surface area contributed by atoms with E-state index in [1.54, 1.807) is 11.0 Å². The predicted octanol–water partition coefficient (Wildman–Crippen LogP) is 5.94. The molecule has 0 aliphatic carbocycles. The molecule has 0 saturated heterocycles. The van der Waals surface area contributed by atoms with E-state index in [-0.39, 0.29) is 5.91 Å². The van der Waals surface area contributed by atoms with Crippen molar-refractivity contribution in [3.63, 3.8) is 0 Å². The van der Waals surface area contributed by atoms with Gasteiger partial charge in [-0.05, 0) is 63.6 Å². The Morgan fingerprint density at radius 3 is 2.06 bits per heavy atom. The first-order chi connectivity index (χ1) is 16.0. The quantitative estimate of drug-likeness (QED) is 0.428. The summed E-state index contributed by atoms with van der Waals surface area (Å²) in [5, 5.41) is 0. The summed E-state index contributed by atoms with van der Waals surface area (Å²) in [5.74, 6) is 1.79. The van der Waals surface area contributed by atoms with E-state index in [1.807, 2.05) is 94.4 Å². The number of anilines is 1. The molecule has 1 aliphatic rings. The molecule has 0 unspecified atom stereocenters. The second kappa shape index (κ2) is 9.74. The van der Waals surface area contributed by atoms with Gasteiger partial charge in [0.2, 0.25) is 0 Å². The molecule has 0 radical (unpaired) electrons. The molecule has 0 spiro atoms. The van der Waals surface area contributed by atoms with E-state index >= 15 is 0 Å². The zero-order valence-electron chi connectivity index (χ0n) is 19.5. The van der Waals surface area contributed by atoms with Crippen molar-refractivity contribution in [1.29, 1.82) is 0 Å². The van der Waals surface area contributed by atoms with Crippen LogP contribution < -0.4 is 14.4 Å². The van der Waals surface area contributed by atoms with Crippen LogP contribution in [0.4, 0.5) is 5.69 Å². The molecule has 5 heteroatoms. The molecule has 0 atom stereocenters. The van der Waals surface area contributed by atoms with Gasteiger partial charge in [0.05, 0.1) is 18.9 Å². The first-order valence-electron chi connectivity index (χ1n) is 11.2. The van der Waals surface area contributed by atoms with E-state index in [1.165, 1.54) is 0 Å². The highest BCUT2D eigenvalue weighted by atomic mass is 16.5. The van der Waals surface area contributed by atoms with Crippen LogP contribution in [0.15, 0.2) is 77.4 Å². The Balaban J connectivity index is 1.77. The molecular weight excluding hydrogens is 412 g/mol. The van der Waals surface area contributed by atoms with Crippen LogP contribution in [0.25, 0.3) is 6.08 Å². The molecule has 1 heterocycles. The summed E-state index contributed by atoms with van der Waals surface area (Å²) in [5.41, 5.74) is 5.16. The Bertz CT molecular complexity index is 1210. The van der Waals surface area contributed by atoms with Crippen LogP contribution in [-0.4, -0.2) is 25.0 Å². The first kappa shape index (κ1) is 22.3. The average molecular weight is 441 g/mol. The molecule has 1 aliphatic heterocycles. The Labute approximate surface area is 195 Å². The zero-order chi connectivity index (χ0) is 23.4. The Hall–Kier alpha value is -3.86. The number of amidine groups is 1. The van der Waals surface area contributed by atoms with Crippen LogP contribution in [0.1, 0.15) is 36.1 Å². The van der Waals surface area contributed by atoms with Crippen LogP contribution in [0.3, 0.4) is 0 Å². The van der Waals surface area contributed by atoms with Gasteiger partial charge in [-0.15, -0.1) is 0 Å². The molecular formula is C28H28N2O3. The second-order valence-electron chi connectivity index (χ2n) is 7.88. The summed E-state index contributed by atoms with van der Waals surface area (Å²) in [6.45, 7) is 9.00. The third kappa shape index (κ3) is 4.82. The van der Waals surface area contributed by atoms with Crippen molar-refractivity contribution in [3.05, 3.63) is 94.7 Å². The van der Waals surface area contributed by atoms with Gasteiger partial charge in [0.1, 0.15) is 11.5 Å². The number of ether oxygens (including phenoxy) is 2. The number of carbonyl (C=O) groups is 1. The maximum Gasteiger partial charge on any atom is 0.282 e. The maximum absolute atomic E-state index is 13.5. The minimum Gasteiger partial charge on any atom is -0.490 e. The summed E-state index contributed by atoms with van der Waals surface area (Å²) in [6.07, 6.45) is 1.79. The van der Waals surface area contributed by atoms with E-state index in [0.29, 0.717) is 36.2 Å². The molecule has 5 nitrogen and oxygen atoms in total. The lowest BCUT2D eigenvalue weighted by Crippen LogP contribution is -2.32. The number of benzene rings is 3. The lowest BCUT2D eigenvalue weighted by molar-refractivity contribution is -0.113. The number of aryl methyl sites for hydroxylation is 2. The van der Waals surface area contributed by atoms with Crippen molar-refractivity contribution in [2.24, 2.45) is 4.99 Å². The van der Waals surface area contributed by atoms with Crippen molar-refractivity contribution in [3.8, 4) is 11.5 Å². The summed E-state index contributed by atoms with van der Waals surface area (Å²) >= 11 is 0. The Morgan fingerprint density at radius 2 is 1.42 bits per heavy atom. The number of amides is 1. The topological polar surface area (TPSA) is 51.1 Å². The lowest BCUT2D eigenvalue weighted by Gasteiger charge is -2.19. The van der Waals surface area contributed by atoms with Crippen molar-refractivity contribution >= 4 is 23.5 Å². The zero-order valence-corrected chi connectivity index (χ0v) is 19.5. The number of aliphatic imine (C=N–C) groups is 1. The highest BCUT2D eigenvalue weighted by Gasteiger charge is 2.32. The highest BCUT2D eigenvalue weighted by Crippen LogP contribution is 2.32. The molecule has 33 heavy (non-hydrogen) atoms. The highest BCUT2D eigenvalue weighted by molar-refractivity contribution is 6.33. The third-order valence-electron chi connectivity index (χ3n) is 5.33. The van der Waals surface area contributed by atoms with Gasteiger partial charge in [-0.25, -0.2) is 4.99 Å². The standard InChI is InChI=1S/C28H28N2O3/c1-5-32-25-16-11-21(18-26(25)33-6-2)17-24-28(31)30(23-14-9-20(4)10-15-23)27(29-24)22-12-7-19(3)8-13-22/h7-18H,5-6H2,1-4H3.